The molecule has 3 N–H and O–H groups in total. The van der Waals surface area contributed by atoms with Crippen molar-refractivity contribution < 1.29 is 4.39 Å². The molecule has 4 heteroatoms. The lowest BCUT2D eigenvalue weighted by molar-refractivity contribution is 0.605. The van der Waals surface area contributed by atoms with Crippen LogP contribution in [0.25, 0.3) is 0 Å². The third kappa shape index (κ3) is 2.70. The van der Waals surface area contributed by atoms with Gasteiger partial charge in [-0.05, 0) is 30.2 Å². The molecule has 0 amide bonds. The topological polar surface area (TPSA) is 38.0 Å². The van der Waals surface area contributed by atoms with Crippen molar-refractivity contribution in [3.8, 4) is 0 Å². The van der Waals surface area contributed by atoms with E-state index in [2.05, 4.69) is 5.43 Å². The van der Waals surface area contributed by atoms with Crippen LogP contribution in [0.4, 0.5) is 4.39 Å². The molecule has 0 spiro atoms. The lowest BCUT2D eigenvalue weighted by Crippen LogP contribution is -2.28. The van der Waals surface area contributed by atoms with E-state index in [0.717, 1.165) is 16.7 Å². The Morgan fingerprint density at radius 1 is 1.11 bits per heavy atom. The maximum Gasteiger partial charge on any atom is 0.142 e. The third-order valence-electron chi connectivity index (χ3n) is 2.85. The van der Waals surface area contributed by atoms with Crippen LogP contribution in [0.2, 0.25) is 5.02 Å². The lowest BCUT2D eigenvalue weighted by atomic mass is 9.98. The second-order valence-electron chi connectivity index (χ2n) is 4.18. The molecule has 0 aliphatic heterocycles. The predicted octanol–water partition coefficient (Wildman–Crippen LogP) is 3.34. The van der Waals surface area contributed by atoms with Crippen LogP contribution in [0.3, 0.4) is 0 Å². The van der Waals surface area contributed by atoms with E-state index in [0.29, 0.717) is 0 Å². The van der Waals surface area contributed by atoms with Gasteiger partial charge in [-0.25, -0.2) is 9.82 Å². The van der Waals surface area contributed by atoms with Crippen molar-refractivity contribution in [1.29, 1.82) is 0 Å². The summed E-state index contributed by atoms with van der Waals surface area (Å²) in [5, 5.41) is 0.110. The highest BCUT2D eigenvalue weighted by Gasteiger charge is 2.13. The molecule has 0 aliphatic carbocycles. The van der Waals surface area contributed by atoms with Crippen LogP contribution >= 0.6 is 11.6 Å². The number of benzene rings is 2. The van der Waals surface area contributed by atoms with Gasteiger partial charge in [0.15, 0.2) is 0 Å². The van der Waals surface area contributed by atoms with E-state index in [1.165, 1.54) is 12.1 Å². The molecule has 2 aromatic carbocycles. The molecule has 18 heavy (non-hydrogen) atoms. The number of halogens is 2. The number of aryl methyl sites for hydroxylation is 1. The highest BCUT2D eigenvalue weighted by molar-refractivity contribution is 6.30. The highest BCUT2D eigenvalue weighted by Crippen LogP contribution is 2.25. The Morgan fingerprint density at radius 2 is 1.72 bits per heavy atom. The molecule has 2 aromatic rings. The van der Waals surface area contributed by atoms with Crippen molar-refractivity contribution in [1.82, 2.24) is 5.43 Å². The van der Waals surface area contributed by atoms with Crippen molar-refractivity contribution in [2.24, 2.45) is 5.84 Å². The second kappa shape index (κ2) is 5.48. The Bertz CT molecular complexity index is 540. The predicted molar refractivity (Wildman–Crippen MR) is 71.8 cm³/mol. The van der Waals surface area contributed by atoms with Crippen LogP contribution in [0.5, 0.6) is 0 Å². The molecule has 0 bridgehead atoms. The minimum absolute atomic E-state index is 0.110. The number of nitrogens with one attached hydrogen (secondary N) is 1. The maximum absolute atomic E-state index is 13.5. The highest BCUT2D eigenvalue weighted by atomic mass is 35.5. The van der Waals surface area contributed by atoms with Gasteiger partial charge in [-0.3, -0.25) is 5.84 Å². The average molecular weight is 265 g/mol. The van der Waals surface area contributed by atoms with E-state index in [9.17, 15) is 4.39 Å². The molecule has 0 radical (unpaired) electrons. The Morgan fingerprint density at radius 3 is 2.28 bits per heavy atom. The number of hydrogen-bond donors (Lipinski definition) is 2. The van der Waals surface area contributed by atoms with Gasteiger partial charge in [0.1, 0.15) is 5.82 Å². The smallest absolute Gasteiger partial charge is 0.142 e. The first-order chi connectivity index (χ1) is 8.61. The van der Waals surface area contributed by atoms with Crippen LogP contribution in [0, 0.1) is 12.7 Å². The van der Waals surface area contributed by atoms with Crippen LogP contribution in [-0.4, -0.2) is 0 Å². The normalized spacial score (nSPS) is 12.4. The van der Waals surface area contributed by atoms with E-state index in [-0.39, 0.29) is 11.1 Å². The SMILES string of the molecule is Cc1ccc(C(NN)c2ccc(Cl)c(F)c2)cc1. The van der Waals surface area contributed by atoms with Gasteiger partial charge in [0.05, 0.1) is 11.1 Å². The zero-order valence-electron chi connectivity index (χ0n) is 9.95. The van der Waals surface area contributed by atoms with E-state index in [1.54, 1.807) is 6.07 Å². The van der Waals surface area contributed by atoms with Gasteiger partial charge >= 0.3 is 0 Å². The van der Waals surface area contributed by atoms with Crippen molar-refractivity contribution in [2.45, 2.75) is 13.0 Å². The number of nitrogens with two attached hydrogens (primary N) is 1. The molecule has 0 aromatic heterocycles. The average Bonchev–Trinajstić information content (AvgIpc) is 2.37. The van der Waals surface area contributed by atoms with E-state index < -0.39 is 5.82 Å². The summed E-state index contributed by atoms with van der Waals surface area (Å²) in [5.41, 5.74) is 5.57. The van der Waals surface area contributed by atoms with Gasteiger partial charge in [-0.15, -0.1) is 0 Å². The van der Waals surface area contributed by atoms with E-state index >= 15 is 0 Å². The van der Waals surface area contributed by atoms with Crippen LogP contribution in [-0.2, 0) is 0 Å². The van der Waals surface area contributed by atoms with Gasteiger partial charge in [-0.1, -0.05) is 47.5 Å². The zero-order chi connectivity index (χ0) is 13.1. The molecule has 2 nitrogen and oxygen atoms in total. The van der Waals surface area contributed by atoms with Crippen molar-refractivity contribution >= 4 is 11.6 Å². The number of hydrazine groups is 1. The molecule has 0 saturated carbocycles. The molecule has 94 valence electrons. The van der Waals surface area contributed by atoms with E-state index in [1.807, 2.05) is 31.2 Å². The Hall–Kier alpha value is -1.42. The van der Waals surface area contributed by atoms with Gasteiger partial charge in [-0.2, -0.15) is 0 Å². The monoisotopic (exact) mass is 264 g/mol. The summed E-state index contributed by atoms with van der Waals surface area (Å²) in [7, 11) is 0. The first kappa shape index (κ1) is 13.0. The molecule has 0 heterocycles. The molecule has 1 unspecified atom stereocenters. The Labute approximate surface area is 111 Å². The minimum atomic E-state index is -0.443. The summed E-state index contributed by atoms with van der Waals surface area (Å²) in [6, 6.07) is 12.3. The molecule has 0 saturated heterocycles. The number of hydrogen-bond acceptors (Lipinski definition) is 2. The Kier molecular flexibility index (Phi) is 3.97. The van der Waals surface area contributed by atoms with Gasteiger partial charge in [0.25, 0.3) is 0 Å². The van der Waals surface area contributed by atoms with Crippen LogP contribution in [0.1, 0.15) is 22.7 Å². The molecular weight excluding hydrogens is 251 g/mol. The molecule has 0 fully saturated rings. The van der Waals surface area contributed by atoms with Crippen molar-refractivity contribution in [2.75, 3.05) is 0 Å². The summed E-state index contributed by atoms with van der Waals surface area (Å²) in [6.07, 6.45) is 0. The summed E-state index contributed by atoms with van der Waals surface area (Å²) < 4.78 is 13.5. The first-order valence-corrected chi connectivity index (χ1v) is 5.97. The summed E-state index contributed by atoms with van der Waals surface area (Å²) in [5.74, 6) is 5.11. The van der Waals surface area contributed by atoms with E-state index in [4.69, 9.17) is 17.4 Å². The van der Waals surface area contributed by atoms with Crippen molar-refractivity contribution in [3.63, 3.8) is 0 Å². The fraction of sp³-hybridized carbons (Fsp3) is 0.143. The quantitative estimate of drug-likeness (QED) is 0.659. The second-order valence-corrected chi connectivity index (χ2v) is 4.59. The molecule has 1 atom stereocenters. The van der Waals surface area contributed by atoms with Crippen LogP contribution in [0.15, 0.2) is 42.5 Å². The summed E-state index contributed by atoms with van der Waals surface area (Å²) in [6.45, 7) is 2.01. The third-order valence-corrected chi connectivity index (χ3v) is 3.16. The van der Waals surface area contributed by atoms with Crippen LogP contribution < -0.4 is 11.3 Å². The summed E-state index contributed by atoms with van der Waals surface area (Å²) in [4.78, 5) is 0. The first-order valence-electron chi connectivity index (χ1n) is 5.59. The molecule has 0 aliphatic rings. The van der Waals surface area contributed by atoms with Gasteiger partial charge in [0.2, 0.25) is 0 Å². The number of rotatable bonds is 3. The van der Waals surface area contributed by atoms with Gasteiger partial charge < -0.3 is 0 Å². The molecule has 2 rings (SSSR count). The standard InChI is InChI=1S/C14H14ClFN2/c1-9-2-4-10(5-3-9)14(18-17)11-6-7-12(15)13(16)8-11/h2-8,14,18H,17H2,1H3. The minimum Gasteiger partial charge on any atom is -0.271 e. The fourth-order valence-electron chi connectivity index (χ4n) is 1.84. The lowest BCUT2D eigenvalue weighted by Gasteiger charge is -2.17. The fourth-order valence-corrected chi connectivity index (χ4v) is 1.95. The Balaban J connectivity index is 2.38. The van der Waals surface area contributed by atoms with Gasteiger partial charge in [0, 0.05) is 0 Å². The van der Waals surface area contributed by atoms with Crippen molar-refractivity contribution in [3.05, 3.63) is 70.0 Å². The zero-order valence-corrected chi connectivity index (χ0v) is 10.7. The molecular formula is C14H14ClFN2. The maximum atomic E-state index is 13.5. The largest absolute Gasteiger partial charge is 0.271 e. The summed E-state index contributed by atoms with van der Waals surface area (Å²) >= 11 is 5.67.